The SMILES string of the molecule is CCC(CC)C(O)C(CC)(CC)c1ccccc1. The van der Waals surface area contributed by atoms with Crippen molar-refractivity contribution in [2.45, 2.75) is 64.9 Å². The van der Waals surface area contributed by atoms with E-state index in [1.165, 1.54) is 5.56 Å². The Bertz CT molecular complexity index is 323. The second-order valence-electron chi connectivity index (χ2n) is 5.25. The predicted molar refractivity (Wildman–Crippen MR) is 78.8 cm³/mol. The van der Waals surface area contributed by atoms with Gasteiger partial charge in [0.1, 0.15) is 0 Å². The number of benzene rings is 1. The van der Waals surface area contributed by atoms with Crippen molar-refractivity contribution in [2.24, 2.45) is 5.92 Å². The molecule has 0 radical (unpaired) electrons. The molecule has 0 aliphatic rings. The normalized spacial score (nSPS) is 13.9. The maximum atomic E-state index is 10.9. The molecule has 0 aliphatic heterocycles. The molecule has 0 saturated carbocycles. The molecule has 0 bridgehead atoms. The van der Waals surface area contributed by atoms with Crippen molar-refractivity contribution < 1.29 is 5.11 Å². The second kappa shape index (κ2) is 6.94. The molecule has 102 valence electrons. The van der Waals surface area contributed by atoms with E-state index in [4.69, 9.17) is 0 Å². The number of hydrogen-bond donors (Lipinski definition) is 1. The molecule has 0 heterocycles. The van der Waals surface area contributed by atoms with Crippen molar-refractivity contribution >= 4 is 0 Å². The molecule has 1 atom stereocenters. The third-order valence-corrected chi connectivity index (χ3v) is 4.67. The molecular weight excluding hydrogens is 220 g/mol. The Morgan fingerprint density at radius 1 is 0.944 bits per heavy atom. The molecule has 1 unspecified atom stereocenters. The van der Waals surface area contributed by atoms with Gasteiger partial charge in [-0.3, -0.25) is 0 Å². The summed E-state index contributed by atoms with van der Waals surface area (Å²) in [6, 6.07) is 10.5. The van der Waals surface area contributed by atoms with Crippen LogP contribution in [0.5, 0.6) is 0 Å². The maximum absolute atomic E-state index is 10.9. The molecule has 1 aromatic rings. The Morgan fingerprint density at radius 2 is 1.44 bits per heavy atom. The van der Waals surface area contributed by atoms with Crippen LogP contribution in [0.15, 0.2) is 30.3 Å². The minimum absolute atomic E-state index is 0.0854. The standard InChI is InChI=1S/C17H28O/c1-5-14(6-2)16(18)17(7-3,8-4)15-12-10-9-11-13-15/h9-14,16,18H,5-8H2,1-4H3. The average Bonchev–Trinajstić information content (AvgIpc) is 2.43. The maximum Gasteiger partial charge on any atom is 0.0664 e. The van der Waals surface area contributed by atoms with Crippen LogP contribution in [-0.2, 0) is 5.41 Å². The Morgan fingerprint density at radius 3 is 1.83 bits per heavy atom. The van der Waals surface area contributed by atoms with Gasteiger partial charge in [-0.2, -0.15) is 0 Å². The highest BCUT2D eigenvalue weighted by Gasteiger charge is 2.39. The summed E-state index contributed by atoms with van der Waals surface area (Å²) in [6.45, 7) is 8.75. The molecular formula is C17H28O. The minimum Gasteiger partial charge on any atom is -0.392 e. The molecule has 18 heavy (non-hydrogen) atoms. The lowest BCUT2D eigenvalue weighted by Crippen LogP contribution is -2.43. The van der Waals surface area contributed by atoms with Crippen LogP contribution in [0.1, 0.15) is 58.9 Å². The van der Waals surface area contributed by atoms with E-state index in [1.54, 1.807) is 0 Å². The fraction of sp³-hybridized carbons (Fsp3) is 0.647. The second-order valence-corrected chi connectivity index (χ2v) is 5.25. The first-order chi connectivity index (χ1) is 8.66. The Labute approximate surface area is 112 Å². The third kappa shape index (κ3) is 2.77. The topological polar surface area (TPSA) is 20.2 Å². The fourth-order valence-electron chi connectivity index (χ4n) is 3.20. The molecule has 1 aromatic carbocycles. The van der Waals surface area contributed by atoms with Gasteiger partial charge in [0.2, 0.25) is 0 Å². The highest BCUT2D eigenvalue weighted by atomic mass is 16.3. The molecule has 0 fully saturated rings. The molecule has 1 rings (SSSR count). The van der Waals surface area contributed by atoms with E-state index in [9.17, 15) is 5.11 Å². The van der Waals surface area contributed by atoms with Crippen molar-refractivity contribution in [1.82, 2.24) is 0 Å². The number of rotatable bonds is 7. The molecule has 0 saturated heterocycles. The lowest BCUT2D eigenvalue weighted by Gasteiger charge is -2.41. The zero-order chi connectivity index (χ0) is 13.6. The highest BCUT2D eigenvalue weighted by Crippen LogP contribution is 2.39. The Kier molecular flexibility index (Phi) is 5.87. The lowest BCUT2D eigenvalue weighted by molar-refractivity contribution is 0.0186. The number of aliphatic hydroxyl groups is 1. The summed E-state index contributed by atoms with van der Waals surface area (Å²) < 4.78 is 0. The van der Waals surface area contributed by atoms with Crippen molar-refractivity contribution in [1.29, 1.82) is 0 Å². The van der Waals surface area contributed by atoms with Gasteiger partial charge < -0.3 is 5.11 Å². The van der Waals surface area contributed by atoms with Crippen molar-refractivity contribution in [3.8, 4) is 0 Å². The quantitative estimate of drug-likeness (QED) is 0.751. The molecule has 1 heteroatoms. The Balaban J connectivity index is 3.14. The van der Waals surface area contributed by atoms with Gasteiger partial charge in [-0.15, -0.1) is 0 Å². The zero-order valence-corrected chi connectivity index (χ0v) is 12.3. The lowest BCUT2D eigenvalue weighted by atomic mass is 9.67. The van der Waals surface area contributed by atoms with Gasteiger partial charge in [-0.25, -0.2) is 0 Å². The molecule has 1 nitrogen and oxygen atoms in total. The number of aliphatic hydroxyl groups excluding tert-OH is 1. The smallest absolute Gasteiger partial charge is 0.0664 e. The van der Waals surface area contributed by atoms with Crippen LogP contribution in [-0.4, -0.2) is 11.2 Å². The first-order valence-electron chi connectivity index (χ1n) is 7.39. The predicted octanol–water partition coefficient (Wildman–Crippen LogP) is 4.54. The van der Waals surface area contributed by atoms with E-state index in [1.807, 2.05) is 6.07 Å². The van der Waals surface area contributed by atoms with E-state index in [0.29, 0.717) is 5.92 Å². The minimum atomic E-state index is -0.245. The van der Waals surface area contributed by atoms with Crippen LogP contribution in [0, 0.1) is 5.92 Å². The van der Waals surface area contributed by atoms with Gasteiger partial charge in [0.15, 0.2) is 0 Å². The summed E-state index contributed by atoms with van der Waals surface area (Å²) in [5.74, 6) is 0.394. The van der Waals surface area contributed by atoms with E-state index < -0.39 is 0 Å². The zero-order valence-electron chi connectivity index (χ0n) is 12.3. The highest BCUT2D eigenvalue weighted by molar-refractivity contribution is 5.27. The molecule has 0 spiro atoms. The van der Waals surface area contributed by atoms with Crippen LogP contribution in [0.25, 0.3) is 0 Å². The van der Waals surface area contributed by atoms with Gasteiger partial charge in [-0.1, -0.05) is 70.9 Å². The van der Waals surface area contributed by atoms with Crippen molar-refractivity contribution in [2.75, 3.05) is 0 Å². The summed E-state index contributed by atoms with van der Waals surface area (Å²) in [4.78, 5) is 0. The van der Waals surface area contributed by atoms with Crippen LogP contribution in [0.2, 0.25) is 0 Å². The fourth-order valence-corrected chi connectivity index (χ4v) is 3.20. The van der Waals surface area contributed by atoms with E-state index in [-0.39, 0.29) is 11.5 Å². The Hall–Kier alpha value is -0.820. The summed E-state index contributed by atoms with van der Waals surface area (Å²) in [7, 11) is 0. The summed E-state index contributed by atoms with van der Waals surface area (Å²) in [6.07, 6.45) is 3.83. The van der Waals surface area contributed by atoms with Gasteiger partial charge in [0, 0.05) is 5.41 Å². The average molecular weight is 248 g/mol. The number of hydrogen-bond acceptors (Lipinski definition) is 1. The van der Waals surface area contributed by atoms with Crippen molar-refractivity contribution in [3.05, 3.63) is 35.9 Å². The monoisotopic (exact) mass is 248 g/mol. The first kappa shape index (κ1) is 15.2. The summed E-state index contributed by atoms with van der Waals surface area (Å²) in [5, 5.41) is 10.9. The van der Waals surface area contributed by atoms with Gasteiger partial charge >= 0.3 is 0 Å². The summed E-state index contributed by atoms with van der Waals surface area (Å²) in [5.41, 5.74) is 1.20. The van der Waals surface area contributed by atoms with E-state index >= 15 is 0 Å². The molecule has 0 amide bonds. The molecule has 1 N–H and O–H groups in total. The molecule has 0 aliphatic carbocycles. The molecule has 0 aromatic heterocycles. The van der Waals surface area contributed by atoms with Gasteiger partial charge in [0.05, 0.1) is 6.10 Å². The van der Waals surface area contributed by atoms with Crippen LogP contribution >= 0.6 is 0 Å². The largest absolute Gasteiger partial charge is 0.392 e. The van der Waals surface area contributed by atoms with Crippen LogP contribution < -0.4 is 0 Å². The first-order valence-corrected chi connectivity index (χ1v) is 7.39. The van der Waals surface area contributed by atoms with E-state index in [2.05, 4.69) is 52.0 Å². The van der Waals surface area contributed by atoms with E-state index in [0.717, 1.165) is 25.7 Å². The third-order valence-electron chi connectivity index (χ3n) is 4.67. The van der Waals surface area contributed by atoms with Gasteiger partial charge in [-0.05, 0) is 24.3 Å². The van der Waals surface area contributed by atoms with Gasteiger partial charge in [0.25, 0.3) is 0 Å². The summed E-state index contributed by atoms with van der Waals surface area (Å²) >= 11 is 0. The van der Waals surface area contributed by atoms with Crippen molar-refractivity contribution in [3.63, 3.8) is 0 Å². The van der Waals surface area contributed by atoms with Crippen LogP contribution in [0.4, 0.5) is 0 Å². The van der Waals surface area contributed by atoms with Crippen LogP contribution in [0.3, 0.4) is 0 Å².